The molecule has 0 spiro atoms. The minimum absolute atomic E-state index is 0.367. The molecule has 0 fully saturated rings. The molecule has 1 N–H and O–H groups in total. The zero-order valence-electron chi connectivity index (χ0n) is 11.4. The topological polar surface area (TPSA) is 30.5 Å². The molecule has 1 unspecified atom stereocenters. The SMILES string of the molecule is CCCNC(CCC)c1cccc2c1OCCO2. The largest absolute Gasteiger partial charge is 0.486 e. The highest BCUT2D eigenvalue weighted by atomic mass is 16.6. The predicted octanol–water partition coefficient (Wildman–Crippen LogP) is 3.30. The van der Waals surface area contributed by atoms with Gasteiger partial charge in [-0.2, -0.15) is 0 Å². The fraction of sp³-hybridized carbons (Fsp3) is 0.600. The van der Waals surface area contributed by atoms with Crippen LogP contribution in [0.4, 0.5) is 0 Å². The van der Waals surface area contributed by atoms with E-state index in [0.29, 0.717) is 19.3 Å². The fourth-order valence-corrected chi connectivity index (χ4v) is 2.35. The molecular weight excluding hydrogens is 226 g/mol. The molecule has 100 valence electrons. The van der Waals surface area contributed by atoms with Gasteiger partial charge in [0.05, 0.1) is 0 Å². The first-order valence-corrected chi connectivity index (χ1v) is 6.98. The summed E-state index contributed by atoms with van der Waals surface area (Å²) in [6.45, 7) is 6.74. The Kier molecular flexibility index (Phi) is 4.88. The lowest BCUT2D eigenvalue weighted by atomic mass is 10.0. The van der Waals surface area contributed by atoms with Gasteiger partial charge in [0.25, 0.3) is 0 Å². The molecule has 0 saturated carbocycles. The third-order valence-electron chi connectivity index (χ3n) is 3.19. The van der Waals surface area contributed by atoms with E-state index >= 15 is 0 Å². The average Bonchev–Trinajstić information content (AvgIpc) is 2.43. The van der Waals surface area contributed by atoms with E-state index in [1.165, 1.54) is 5.56 Å². The number of nitrogens with one attached hydrogen (secondary N) is 1. The van der Waals surface area contributed by atoms with Gasteiger partial charge < -0.3 is 14.8 Å². The number of ether oxygens (including phenoxy) is 2. The van der Waals surface area contributed by atoms with Gasteiger partial charge in [-0.1, -0.05) is 32.4 Å². The monoisotopic (exact) mass is 249 g/mol. The second kappa shape index (κ2) is 6.64. The molecule has 1 heterocycles. The van der Waals surface area contributed by atoms with Gasteiger partial charge in [-0.25, -0.2) is 0 Å². The van der Waals surface area contributed by atoms with Crippen LogP contribution in [-0.2, 0) is 0 Å². The van der Waals surface area contributed by atoms with Crippen LogP contribution in [0.2, 0.25) is 0 Å². The van der Waals surface area contributed by atoms with E-state index in [1.54, 1.807) is 0 Å². The Morgan fingerprint density at radius 2 is 2.00 bits per heavy atom. The number of hydrogen-bond acceptors (Lipinski definition) is 3. The molecule has 0 aliphatic carbocycles. The van der Waals surface area contributed by atoms with Gasteiger partial charge in [0.15, 0.2) is 11.5 Å². The predicted molar refractivity (Wildman–Crippen MR) is 73.4 cm³/mol. The van der Waals surface area contributed by atoms with Crippen LogP contribution in [-0.4, -0.2) is 19.8 Å². The van der Waals surface area contributed by atoms with E-state index in [1.807, 2.05) is 6.07 Å². The van der Waals surface area contributed by atoms with Crippen LogP contribution in [0, 0.1) is 0 Å². The lowest BCUT2D eigenvalue weighted by molar-refractivity contribution is 0.168. The van der Waals surface area contributed by atoms with Crippen LogP contribution in [0.25, 0.3) is 0 Å². The minimum Gasteiger partial charge on any atom is -0.486 e. The first kappa shape index (κ1) is 13.2. The lowest BCUT2D eigenvalue weighted by Crippen LogP contribution is -2.24. The maximum absolute atomic E-state index is 5.80. The molecule has 0 amide bonds. The van der Waals surface area contributed by atoms with Crippen molar-refractivity contribution >= 4 is 0 Å². The van der Waals surface area contributed by atoms with E-state index in [9.17, 15) is 0 Å². The van der Waals surface area contributed by atoms with Crippen LogP contribution in [0.15, 0.2) is 18.2 Å². The Morgan fingerprint density at radius 3 is 2.78 bits per heavy atom. The molecule has 1 atom stereocenters. The molecule has 3 nitrogen and oxygen atoms in total. The molecule has 18 heavy (non-hydrogen) atoms. The number of hydrogen-bond donors (Lipinski definition) is 1. The minimum atomic E-state index is 0.367. The summed E-state index contributed by atoms with van der Waals surface area (Å²) in [6.07, 6.45) is 3.43. The van der Waals surface area contributed by atoms with E-state index in [4.69, 9.17) is 9.47 Å². The first-order valence-electron chi connectivity index (χ1n) is 6.98. The Hall–Kier alpha value is -1.22. The van der Waals surface area contributed by atoms with E-state index in [2.05, 4.69) is 31.3 Å². The second-order valence-electron chi connectivity index (χ2n) is 4.67. The van der Waals surface area contributed by atoms with E-state index in [-0.39, 0.29) is 0 Å². The van der Waals surface area contributed by atoms with Crippen LogP contribution in [0.1, 0.15) is 44.7 Å². The summed E-state index contributed by atoms with van der Waals surface area (Å²) in [5.74, 6) is 1.82. The van der Waals surface area contributed by atoms with Crippen LogP contribution in [0.5, 0.6) is 11.5 Å². The molecule has 1 aliphatic heterocycles. The molecule has 1 aliphatic rings. The van der Waals surface area contributed by atoms with Crippen molar-refractivity contribution in [1.29, 1.82) is 0 Å². The van der Waals surface area contributed by atoms with Crippen molar-refractivity contribution in [3.8, 4) is 11.5 Å². The summed E-state index contributed by atoms with van der Waals surface area (Å²) >= 11 is 0. The lowest BCUT2D eigenvalue weighted by Gasteiger charge is -2.25. The van der Waals surface area contributed by atoms with E-state index in [0.717, 1.165) is 37.3 Å². The van der Waals surface area contributed by atoms with Crippen molar-refractivity contribution in [3.05, 3.63) is 23.8 Å². The van der Waals surface area contributed by atoms with Gasteiger partial charge in [-0.05, 0) is 25.5 Å². The van der Waals surface area contributed by atoms with Crippen LogP contribution < -0.4 is 14.8 Å². The van der Waals surface area contributed by atoms with Gasteiger partial charge in [0.1, 0.15) is 13.2 Å². The molecular formula is C15H23NO2. The second-order valence-corrected chi connectivity index (χ2v) is 4.67. The molecule has 1 aromatic carbocycles. The highest BCUT2D eigenvalue weighted by Gasteiger charge is 2.20. The molecule has 1 aromatic rings. The van der Waals surface area contributed by atoms with Crippen molar-refractivity contribution in [3.63, 3.8) is 0 Å². The summed E-state index contributed by atoms with van der Waals surface area (Å²) in [4.78, 5) is 0. The van der Waals surface area contributed by atoms with Gasteiger partial charge in [-0.15, -0.1) is 0 Å². The number of benzene rings is 1. The summed E-state index contributed by atoms with van der Waals surface area (Å²) in [5.41, 5.74) is 1.24. The van der Waals surface area contributed by atoms with Crippen molar-refractivity contribution in [2.45, 2.75) is 39.2 Å². The normalized spacial score (nSPS) is 15.4. The van der Waals surface area contributed by atoms with Gasteiger partial charge in [0.2, 0.25) is 0 Å². The van der Waals surface area contributed by atoms with Gasteiger partial charge >= 0.3 is 0 Å². The van der Waals surface area contributed by atoms with Crippen molar-refractivity contribution in [1.82, 2.24) is 5.32 Å². The van der Waals surface area contributed by atoms with Gasteiger partial charge in [0, 0.05) is 11.6 Å². The maximum Gasteiger partial charge on any atom is 0.166 e. The Balaban J connectivity index is 2.22. The third-order valence-corrected chi connectivity index (χ3v) is 3.19. The standard InChI is InChI=1S/C15H23NO2/c1-3-6-13(16-9-4-2)12-7-5-8-14-15(12)18-11-10-17-14/h5,7-8,13,16H,3-4,6,9-11H2,1-2H3. The van der Waals surface area contributed by atoms with E-state index < -0.39 is 0 Å². The molecule has 0 aromatic heterocycles. The van der Waals surface area contributed by atoms with Crippen molar-refractivity contribution in [2.24, 2.45) is 0 Å². The van der Waals surface area contributed by atoms with Crippen LogP contribution >= 0.6 is 0 Å². The zero-order valence-corrected chi connectivity index (χ0v) is 11.4. The van der Waals surface area contributed by atoms with Gasteiger partial charge in [-0.3, -0.25) is 0 Å². The summed E-state index contributed by atoms with van der Waals surface area (Å²) in [7, 11) is 0. The molecule has 0 saturated heterocycles. The quantitative estimate of drug-likeness (QED) is 0.839. The smallest absolute Gasteiger partial charge is 0.166 e. The Labute approximate surface area is 109 Å². The summed E-state index contributed by atoms with van der Waals surface area (Å²) in [6, 6.07) is 6.56. The number of para-hydroxylation sites is 1. The van der Waals surface area contributed by atoms with Crippen LogP contribution in [0.3, 0.4) is 0 Å². The maximum atomic E-state index is 5.80. The highest BCUT2D eigenvalue weighted by molar-refractivity contribution is 5.48. The zero-order chi connectivity index (χ0) is 12.8. The Bertz CT molecular complexity index is 379. The Morgan fingerprint density at radius 1 is 1.17 bits per heavy atom. The molecule has 3 heteroatoms. The molecule has 0 radical (unpaired) electrons. The molecule has 0 bridgehead atoms. The third kappa shape index (κ3) is 2.96. The fourth-order valence-electron chi connectivity index (χ4n) is 2.35. The average molecular weight is 249 g/mol. The molecule has 2 rings (SSSR count). The van der Waals surface area contributed by atoms with Crippen molar-refractivity contribution in [2.75, 3.05) is 19.8 Å². The first-order chi connectivity index (χ1) is 8.86. The summed E-state index contributed by atoms with van der Waals surface area (Å²) in [5, 5.41) is 3.60. The summed E-state index contributed by atoms with van der Waals surface area (Å²) < 4.78 is 11.4. The number of rotatable bonds is 6. The van der Waals surface area contributed by atoms with Crippen molar-refractivity contribution < 1.29 is 9.47 Å². The highest BCUT2D eigenvalue weighted by Crippen LogP contribution is 2.38. The number of fused-ring (bicyclic) bond motifs is 1.